The number of nitrogens with zero attached hydrogens (tertiary/aromatic N) is 1. The van der Waals surface area contributed by atoms with Gasteiger partial charge in [0, 0.05) is 6.54 Å². The number of anilines is 2. The number of benzene rings is 2. The van der Waals surface area contributed by atoms with E-state index in [1.165, 1.54) is 18.3 Å². The highest BCUT2D eigenvalue weighted by Crippen LogP contribution is 2.17. The first-order valence-corrected chi connectivity index (χ1v) is 9.44. The molecule has 0 atom stereocenters. The van der Waals surface area contributed by atoms with Crippen LogP contribution in [0.2, 0.25) is 0 Å². The first-order valence-electron chi connectivity index (χ1n) is 7.96. The molecule has 0 bridgehead atoms. The summed E-state index contributed by atoms with van der Waals surface area (Å²) >= 11 is 0. The highest BCUT2D eigenvalue weighted by Gasteiger charge is 2.14. The van der Waals surface area contributed by atoms with E-state index < -0.39 is 10.0 Å². The molecular weight excluding hydrogens is 353 g/mol. The van der Waals surface area contributed by atoms with Crippen LogP contribution in [0.25, 0.3) is 0 Å². The molecule has 1 heterocycles. The Hall–Kier alpha value is -2.93. The number of sulfonamides is 1. The molecule has 134 valence electrons. The van der Waals surface area contributed by atoms with Crippen LogP contribution in [0.5, 0.6) is 0 Å². The summed E-state index contributed by atoms with van der Waals surface area (Å²) < 4.78 is 40.2. The van der Waals surface area contributed by atoms with Crippen molar-refractivity contribution in [3.63, 3.8) is 0 Å². The van der Waals surface area contributed by atoms with Crippen molar-refractivity contribution in [1.82, 2.24) is 4.98 Å². The van der Waals surface area contributed by atoms with Crippen LogP contribution in [0.15, 0.2) is 71.8 Å². The maximum Gasteiger partial charge on any atom is 0.261 e. The molecule has 0 radical (unpaired) electrons. The lowest BCUT2D eigenvalue weighted by Gasteiger charge is -2.10. The van der Waals surface area contributed by atoms with Crippen molar-refractivity contribution in [3.05, 3.63) is 83.8 Å². The number of aromatic nitrogens is 1. The number of hydrogen-bond acceptors (Lipinski definition) is 4. The Morgan fingerprint density at radius 2 is 1.81 bits per heavy atom. The molecule has 0 fully saturated rings. The second-order valence-corrected chi connectivity index (χ2v) is 7.52. The molecule has 0 amide bonds. The Balaban J connectivity index is 1.64. The molecule has 3 aromatic rings. The maximum absolute atomic E-state index is 12.9. The second-order valence-electron chi connectivity index (χ2n) is 5.83. The third-order valence-electron chi connectivity index (χ3n) is 3.70. The Morgan fingerprint density at radius 3 is 2.46 bits per heavy atom. The number of hydrogen-bond donors (Lipinski definition) is 2. The smallest absolute Gasteiger partial charge is 0.261 e. The van der Waals surface area contributed by atoms with Gasteiger partial charge in [0.2, 0.25) is 0 Å². The summed E-state index contributed by atoms with van der Waals surface area (Å²) in [6, 6.07) is 16.2. The SMILES string of the molecule is Cc1cccc(S(=O)(=O)Nc2ccc(NCc3ccc(F)cc3)nc2)c1. The van der Waals surface area contributed by atoms with Gasteiger partial charge in [0.15, 0.2) is 0 Å². The second kappa shape index (κ2) is 7.53. The van der Waals surface area contributed by atoms with Gasteiger partial charge in [-0.25, -0.2) is 17.8 Å². The van der Waals surface area contributed by atoms with E-state index >= 15 is 0 Å². The van der Waals surface area contributed by atoms with E-state index in [-0.39, 0.29) is 10.7 Å². The zero-order valence-electron chi connectivity index (χ0n) is 14.1. The fourth-order valence-corrected chi connectivity index (χ4v) is 3.50. The minimum absolute atomic E-state index is 0.205. The Labute approximate surface area is 152 Å². The largest absolute Gasteiger partial charge is 0.366 e. The maximum atomic E-state index is 12.9. The predicted molar refractivity (Wildman–Crippen MR) is 100.0 cm³/mol. The van der Waals surface area contributed by atoms with E-state index in [0.717, 1.165) is 11.1 Å². The van der Waals surface area contributed by atoms with Gasteiger partial charge in [-0.2, -0.15) is 0 Å². The molecule has 0 saturated carbocycles. The summed E-state index contributed by atoms with van der Waals surface area (Å²) in [5, 5.41) is 3.10. The van der Waals surface area contributed by atoms with Crippen molar-refractivity contribution < 1.29 is 12.8 Å². The van der Waals surface area contributed by atoms with Gasteiger partial charge in [-0.05, 0) is 54.4 Å². The van der Waals surface area contributed by atoms with Gasteiger partial charge < -0.3 is 5.32 Å². The van der Waals surface area contributed by atoms with Crippen LogP contribution < -0.4 is 10.0 Å². The van der Waals surface area contributed by atoms with Gasteiger partial charge in [-0.15, -0.1) is 0 Å². The minimum atomic E-state index is -3.65. The summed E-state index contributed by atoms with van der Waals surface area (Å²) in [6.45, 7) is 2.32. The lowest BCUT2D eigenvalue weighted by Crippen LogP contribution is -2.13. The molecule has 2 aromatic carbocycles. The molecule has 0 aliphatic heterocycles. The molecule has 7 heteroatoms. The monoisotopic (exact) mass is 371 g/mol. The highest BCUT2D eigenvalue weighted by atomic mass is 32.2. The van der Waals surface area contributed by atoms with Crippen LogP contribution in [-0.2, 0) is 16.6 Å². The first-order chi connectivity index (χ1) is 12.4. The summed E-state index contributed by atoms with van der Waals surface area (Å²) in [7, 11) is -3.65. The Bertz CT molecular complexity index is 988. The number of aryl methyl sites for hydroxylation is 1. The quantitative estimate of drug-likeness (QED) is 0.688. The van der Waals surface area contributed by atoms with Gasteiger partial charge in [0.1, 0.15) is 11.6 Å². The van der Waals surface area contributed by atoms with Crippen molar-refractivity contribution in [2.24, 2.45) is 0 Å². The number of pyridine rings is 1. The third kappa shape index (κ3) is 4.58. The topological polar surface area (TPSA) is 71.1 Å². The van der Waals surface area contributed by atoms with Crippen LogP contribution in [0.4, 0.5) is 15.9 Å². The molecule has 5 nitrogen and oxygen atoms in total. The molecule has 0 spiro atoms. The van der Waals surface area contributed by atoms with E-state index in [9.17, 15) is 12.8 Å². The average molecular weight is 371 g/mol. The number of rotatable bonds is 6. The van der Waals surface area contributed by atoms with E-state index in [1.54, 1.807) is 42.5 Å². The van der Waals surface area contributed by atoms with Crippen LogP contribution in [0.3, 0.4) is 0 Å². The van der Waals surface area contributed by atoms with Crippen molar-refractivity contribution in [1.29, 1.82) is 0 Å². The molecule has 26 heavy (non-hydrogen) atoms. The summed E-state index contributed by atoms with van der Waals surface area (Å²) in [5.74, 6) is 0.310. The molecule has 0 unspecified atom stereocenters. The normalized spacial score (nSPS) is 11.2. The fourth-order valence-electron chi connectivity index (χ4n) is 2.35. The molecule has 0 aliphatic carbocycles. The summed E-state index contributed by atoms with van der Waals surface area (Å²) in [4.78, 5) is 4.40. The Kier molecular flexibility index (Phi) is 5.18. The van der Waals surface area contributed by atoms with Crippen molar-refractivity contribution in [2.75, 3.05) is 10.0 Å². The average Bonchev–Trinajstić information content (AvgIpc) is 2.62. The summed E-state index contributed by atoms with van der Waals surface area (Å²) in [5.41, 5.74) is 2.16. The van der Waals surface area contributed by atoms with E-state index in [2.05, 4.69) is 15.0 Å². The first kappa shape index (κ1) is 17.9. The lowest BCUT2D eigenvalue weighted by molar-refractivity contribution is 0.601. The zero-order chi connectivity index (χ0) is 18.6. The molecule has 2 N–H and O–H groups in total. The lowest BCUT2D eigenvalue weighted by atomic mass is 10.2. The van der Waals surface area contributed by atoms with E-state index in [1.807, 2.05) is 13.0 Å². The van der Waals surface area contributed by atoms with E-state index in [0.29, 0.717) is 18.1 Å². The molecule has 0 aliphatic rings. The molecule has 1 aromatic heterocycles. The van der Waals surface area contributed by atoms with Crippen LogP contribution in [0.1, 0.15) is 11.1 Å². The Morgan fingerprint density at radius 1 is 1.04 bits per heavy atom. The zero-order valence-corrected chi connectivity index (χ0v) is 14.9. The number of nitrogens with one attached hydrogen (secondary N) is 2. The summed E-state index contributed by atoms with van der Waals surface area (Å²) in [6.07, 6.45) is 1.44. The van der Waals surface area contributed by atoms with Crippen LogP contribution >= 0.6 is 0 Å². The van der Waals surface area contributed by atoms with Crippen LogP contribution in [-0.4, -0.2) is 13.4 Å². The molecule has 3 rings (SSSR count). The fraction of sp³-hybridized carbons (Fsp3) is 0.105. The number of halogens is 1. The molecule has 0 saturated heterocycles. The van der Waals surface area contributed by atoms with Crippen molar-refractivity contribution in [2.45, 2.75) is 18.4 Å². The third-order valence-corrected chi connectivity index (χ3v) is 5.08. The highest BCUT2D eigenvalue weighted by molar-refractivity contribution is 7.92. The van der Waals surface area contributed by atoms with Crippen molar-refractivity contribution >= 4 is 21.5 Å². The van der Waals surface area contributed by atoms with Crippen molar-refractivity contribution in [3.8, 4) is 0 Å². The molecular formula is C19H18FN3O2S. The van der Waals surface area contributed by atoms with Gasteiger partial charge in [-0.3, -0.25) is 4.72 Å². The van der Waals surface area contributed by atoms with Gasteiger partial charge in [0.05, 0.1) is 16.8 Å². The standard InChI is InChI=1S/C19H18FN3O2S/c1-14-3-2-4-18(11-14)26(24,25)23-17-9-10-19(22-13-17)21-12-15-5-7-16(20)8-6-15/h2-11,13,23H,12H2,1H3,(H,21,22). The van der Waals surface area contributed by atoms with Gasteiger partial charge in [0.25, 0.3) is 10.0 Å². The van der Waals surface area contributed by atoms with E-state index in [4.69, 9.17) is 0 Å². The van der Waals surface area contributed by atoms with Gasteiger partial charge >= 0.3 is 0 Å². The van der Waals surface area contributed by atoms with Crippen LogP contribution in [0, 0.1) is 12.7 Å². The minimum Gasteiger partial charge on any atom is -0.366 e. The predicted octanol–water partition coefficient (Wildman–Crippen LogP) is 3.94. The van der Waals surface area contributed by atoms with Gasteiger partial charge in [-0.1, -0.05) is 24.3 Å².